The summed E-state index contributed by atoms with van der Waals surface area (Å²) < 4.78 is 1.08. The van der Waals surface area contributed by atoms with E-state index >= 15 is 0 Å². The van der Waals surface area contributed by atoms with Crippen molar-refractivity contribution in [2.45, 2.75) is 24.4 Å². The van der Waals surface area contributed by atoms with E-state index in [1.54, 1.807) is 11.8 Å². The van der Waals surface area contributed by atoms with E-state index in [0.717, 1.165) is 16.0 Å². The second-order valence-electron chi connectivity index (χ2n) is 4.61. The minimum Gasteiger partial charge on any atom is -0.306 e. The van der Waals surface area contributed by atoms with Crippen molar-refractivity contribution >= 4 is 39.3 Å². The summed E-state index contributed by atoms with van der Waals surface area (Å²) in [7, 11) is 0. The van der Waals surface area contributed by atoms with Gasteiger partial charge in [-0.1, -0.05) is 39.7 Å². The lowest BCUT2D eigenvalue weighted by molar-refractivity contribution is 0.573. The van der Waals surface area contributed by atoms with Crippen molar-refractivity contribution in [2.24, 2.45) is 0 Å². The third kappa shape index (κ3) is 4.26. The first kappa shape index (κ1) is 15.9. The third-order valence-electron chi connectivity index (χ3n) is 3.22. The Balaban J connectivity index is 2.00. The fraction of sp³-hybridized carbons (Fsp3) is 0.250. The van der Waals surface area contributed by atoms with Gasteiger partial charge in [-0.3, -0.25) is 0 Å². The second kappa shape index (κ2) is 7.51. The van der Waals surface area contributed by atoms with Gasteiger partial charge in [0.2, 0.25) is 0 Å². The van der Waals surface area contributed by atoms with Gasteiger partial charge in [0.25, 0.3) is 0 Å². The molecule has 0 bridgehead atoms. The van der Waals surface area contributed by atoms with Crippen LogP contribution >= 0.6 is 39.3 Å². The van der Waals surface area contributed by atoms with Gasteiger partial charge in [-0.2, -0.15) is 0 Å². The maximum Gasteiger partial charge on any atom is 0.0410 e. The molecule has 0 fully saturated rings. The van der Waals surface area contributed by atoms with Crippen LogP contribution < -0.4 is 5.32 Å². The molecule has 0 aliphatic heterocycles. The van der Waals surface area contributed by atoms with Crippen LogP contribution in [-0.4, -0.2) is 6.26 Å². The molecule has 0 aliphatic rings. The number of hydrogen-bond acceptors (Lipinski definition) is 2. The predicted molar refractivity (Wildman–Crippen MR) is 92.6 cm³/mol. The topological polar surface area (TPSA) is 12.0 Å². The molecule has 0 radical (unpaired) electrons. The van der Waals surface area contributed by atoms with E-state index in [4.69, 9.17) is 11.6 Å². The van der Waals surface area contributed by atoms with Crippen LogP contribution in [0.15, 0.2) is 51.8 Å². The Bertz CT molecular complexity index is 571. The predicted octanol–water partition coefficient (Wildman–Crippen LogP) is 5.68. The Labute approximate surface area is 138 Å². The van der Waals surface area contributed by atoms with Gasteiger partial charge in [-0.25, -0.2) is 0 Å². The molecule has 2 aromatic rings. The Hall–Kier alpha value is -0.480. The molecule has 106 valence electrons. The van der Waals surface area contributed by atoms with Crippen molar-refractivity contribution in [2.75, 3.05) is 6.26 Å². The Morgan fingerprint density at radius 1 is 1.20 bits per heavy atom. The van der Waals surface area contributed by atoms with Crippen molar-refractivity contribution in [1.29, 1.82) is 0 Å². The molecule has 20 heavy (non-hydrogen) atoms. The molecule has 0 aliphatic carbocycles. The van der Waals surface area contributed by atoms with Crippen LogP contribution in [0.4, 0.5) is 0 Å². The molecular weight excluding hydrogens is 354 g/mol. The van der Waals surface area contributed by atoms with Crippen LogP contribution in [0.5, 0.6) is 0 Å². The normalized spacial score (nSPS) is 12.4. The molecule has 1 unspecified atom stereocenters. The molecule has 1 N–H and O–H groups in total. The summed E-state index contributed by atoms with van der Waals surface area (Å²) in [5.74, 6) is 0. The largest absolute Gasteiger partial charge is 0.306 e. The first-order chi connectivity index (χ1) is 9.60. The zero-order chi connectivity index (χ0) is 14.5. The maximum absolute atomic E-state index is 6.03. The van der Waals surface area contributed by atoms with Crippen LogP contribution in [0.1, 0.15) is 24.1 Å². The van der Waals surface area contributed by atoms with Gasteiger partial charge < -0.3 is 5.32 Å². The zero-order valence-electron chi connectivity index (χ0n) is 11.5. The maximum atomic E-state index is 6.03. The fourth-order valence-corrected chi connectivity index (χ4v) is 2.94. The monoisotopic (exact) mass is 369 g/mol. The van der Waals surface area contributed by atoms with E-state index in [0.29, 0.717) is 6.04 Å². The number of thioether (sulfide) groups is 1. The summed E-state index contributed by atoms with van der Waals surface area (Å²) in [6, 6.07) is 14.8. The molecule has 0 saturated heterocycles. The van der Waals surface area contributed by atoms with E-state index in [9.17, 15) is 0 Å². The van der Waals surface area contributed by atoms with E-state index in [1.807, 2.05) is 18.2 Å². The van der Waals surface area contributed by atoms with E-state index in [-0.39, 0.29) is 0 Å². The van der Waals surface area contributed by atoms with Gasteiger partial charge >= 0.3 is 0 Å². The summed E-state index contributed by atoms with van der Waals surface area (Å²) >= 11 is 11.3. The molecule has 1 nitrogen and oxygen atoms in total. The zero-order valence-corrected chi connectivity index (χ0v) is 14.6. The molecule has 1 atom stereocenters. The molecule has 0 spiro atoms. The lowest BCUT2D eigenvalue weighted by Gasteiger charge is -2.15. The van der Waals surface area contributed by atoms with Gasteiger partial charge in [0, 0.05) is 27.0 Å². The van der Waals surface area contributed by atoms with Crippen molar-refractivity contribution in [3.63, 3.8) is 0 Å². The van der Waals surface area contributed by atoms with Crippen molar-refractivity contribution in [1.82, 2.24) is 5.32 Å². The molecule has 4 heteroatoms. The molecule has 2 aromatic carbocycles. The molecule has 0 aromatic heterocycles. The van der Waals surface area contributed by atoms with Crippen LogP contribution in [0.3, 0.4) is 0 Å². The van der Waals surface area contributed by atoms with Crippen molar-refractivity contribution < 1.29 is 0 Å². The second-order valence-corrected chi connectivity index (χ2v) is 6.78. The average molecular weight is 371 g/mol. The molecule has 0 amide bonds. The summed E-state index contributed by atoms with van der Waals surface area (Å²) in [5, 5.41) is 4.29. The minimum absolute atomic E-state index is 0.303. The number of halogens is 2. The minimum atomic E-state index is 0.303. The highest BCUT2D eigenvalue weighted by Crippen LogP contribution is 2.23. The van der Waals surface area contributed by atoms with Gasteiger partial charge in [0.1, 0.15) is 0 Å². The SMILES string of the molecule is CSc1ccc(C(C)NCc2cc(Cl)ccc2Br)cc1. The van der Waals surface area contributed by atoms with Crippen LogP contribution in [0.2, 0.25) is 5.02 Å². The van der Waals surface area contributed by atoms with Gasteiger partial charge in [0.05, 0.1) is 0 Å². The summed E-state index contributed by atoms with van der Waals surface area (Å²) in [5.41, 5.74) is 2.46. The Morgan fingerprint density at radius 3 is 2.55 bits per heavy atom. The number of benzene rings is 2. The van der Waals surface area contributed by atoms with E-state index in [1.165, 1.54) is 16.0 Å². The average Bonchev–Trinajstić information content (AvgIpc) is 2.48. The van der Waals surface area contributed by atoms with Gasteiger partial charge in [0.15, 0.2) is 0 Å². The van der Waals surface area contributed by atoms with Gasteiger partial charge in [-0.15, -0.1) is 11.8 Å². The standard InChI is InChI=1S/C16H17BrClNS/c1-11(12-3-6-15(20-2)7-4-12)19-10-13-9-14(18)5-8-16(13)17/h3-9,11,19H,10H2,1-2H3. The van der Waals surface area contributed by atoms with Crippen LogP contribution in [-0.2, 0) is 6.54 Å². The summed E-state index contributed by atoms with van der Waals surface area (Å²) in [6.45, 7) is 2.96. The highest BCUT2D eigenvalue weighted by molar-refractivity contribution is 9.10. The fourth-order valence-electron chi connectivity index (χ4n) is 1.95. The smallest absolute Gasteiger partial charge is 0.0410 e. The first-order valence-corrected chi connectivity index (χ1v) is 8.81. The van der Waals surface area contributed by atoms with Crippen LogP contribution in [0.25, 0.3) is 0 Å². The van der Waals surface area contributed by atoms with E-state index < -0.39 is 0 Å². The lowest BCUT2D eigenvalue weighted by Crippen LogP contribution is -2.18. The summed E-state index contributed by atoms with van der Waals surface area (Å²) in [6.07, 6.45) is 2.09. The van der Waals surface area contributed by atoms with Crippen molar-refractivity contribution in [3.05, 3.63) is 63.1 Å². The number of hydrogen-bond donors (Lipinski definition) is 1. The molecule has 0 heterocycles. The molecular formula is C16H17BrClNS. The van der Waals surface area contributed by atoms with Crippen molar-refractivity contribution in [3.8, 4) is 0 Å². The Morgan fingerprint density at radius 2 is 1.90 bits per heavy atom. The van der Waals surface area contributed by atoms with Crippen LogP contribution in [0, 0.1) is 0 Å². The highest BCUT2D eigenvalue weighted by atomic mass is 79.9. The molecule has 2 rings (SSSR count). The number of nitrogens with one attached hydrogen (secondary N) is 1. The summed E-state index contributed by atoms with van der Waals surface area (Å²) in [4.78, 5) is 1.29. The quantitative estimate of drug-likeness (QED) is 0.680. The lowest BCUT2D eigenvalue weighted by atomic mass is 10.1. The number of rotatable bonds is 5. The van der Waals surface area contributed by atoms with Gasteiger partial charge in [-0.05, 0) is 54.6 Å². The highest BCUT2D eigenvalue weighted by Gasteiger charge is 2.07. The third-order valence-corrected chi connectivity index (χ3v) is 4.97. The van der Waals surface area contributed by atoms with E-state index in [2.05, 4.69) is 58.7 Å². The molecule has 0 saturated carbocycles. The first-order valence-electron chi connectivity index (χ1n) is 6.41. The Kier molecular flexibility index (Phi) is 5.97.